The van der Waals surface area contributed by atoms with Crippen molar-refractivity contribution in [1.29, 1.82) is 0 Å². The molecule has 7 heteroatoms. The molecule has 0 aliphatic carbocycles. The summed E-state index contributed by atoms with van der Waals surface area (Å²) in [6.45, 7) is 3.05. The molecule has 0 saturated heterocycles. The van der Waals surface area contributed by atoms with Crippen molar-refractivity contribution in [3.8, 4) is 0 Å². The molecule has 1 rings (SSSR count). The molecule has 0 saturated carbocycles. The Hall–Kier alpha value is -1.08. The summed E-state index contributed by atoms with van der Waals surface area (Å²) in [6, 6.07) is 0. The van der Waals surface area contributed by atoms with Crippen molar-refractivity contribution in [3.63, 3.8) is 0 Å². The third-order valence-electron chi connectivity index (χ3n) is 1.63. The lowest BCUT2D eigenvalue weighted by Crippen LogP contribution is -2.09. The predicted molar refractivity (Wildman–Crippen MR) is 40.9 cm³/mol. The Morgan fingerprint density at radius 3 is 2.38 bits per heavy atom. The normalized spacial score (nSPS) is 23.3. The lowest BCUT2D eigenvalue weighted by Gasteiger charge is -1.99. The molecule has 6 nitrogen and oxygen atoms in total. The number of hydrogen-bond donors (Lipinski definition) is 1. The molecule has 74 valence electrons. The van der Waals surface area contributed by atoms with Crippen molar-refractivity contribution < 1.29 is 26.7 Å². The minimum atomic E-state index is -4.66. The first-order chi connectivity index (χ1) is 5.81. The maximum Gasteiger partial charge on any atom is 0.446 e. The maximum atomic E-state index is 10.9. The molecule has 0 aromatic heterocycles. The Balaban J connectivity index is 2.97. The third-order valence-corrected chi connectivity index (χ3v) is 2.00. The maximum absolute atomic E-state index is 10.9. The van der Waals surface area contributed by atoms with Crippen LogP contribution in [-0.2, 0) is 24.1 Å². The van der Waals surface area contributed by atoms with Gasteiger partial charge in [-0.25, -0.2) is 4.79 Å². The quantitative estimate of drug-likeness (QED) is 0.508. The van der Waals surface area contributed by atoms with Gasteiger partial charge < -0.3 is 8.92 Å². The van der Waals surface area contributed by atoms with Crippen LogP contribution in [0.4, 0.5) is 0 Å². The van der Waals surface area contributed by atoms with Crippen LogP contribution in [0.15, 0.2) is 11.3 Å². The first kappa shape index (κ1) is 10.0. The smallest absolute Gasteiger partial charge is 0.446 e. The van der Waals surface area contributed by atoms with Gasteiger partial charge in [0, 0.05) is 5.57 Å². The minimum absolute atomic E-state index is 0.336. The number of hydrogen-bond acceptors (Lipinski definition) is 5. The molecule has 1 unspecified atom stereocenters. The molecule has 1 heterocycles. The van der Waals surface area contributed by atoms with Gasteiger partial charge in [-0.2, -0.15) is 8.42 Å². The van der Waals surface area contributed by atoms with Gasteiger partial charge in [0.1, 0.15) is 6.10 Å². The van der Waals surface area contributed by atoms with Gasteiger partial charge in [-0.05, 0) is 13.8 Å². The molecule has 1 aliphatic rings. The van der Waals surface area contributed by atoms with Gasteiger partial charge in [-0.1, -0.05) is 0 Å². The number of carbonyl (C=O) groups excluding carboxylic acids is 1. The molecule has 1 aliphatic heterocycles. The largest absolute Gasteiger partial charge is 0.452 e. The molecule has 0 aromatic rings. The first-order valence-electron chi connectivity index (χ1n) is 3.40. The molecular weight excluding hydrogens is 200 g/mol. The van der Waals surface area contributed by atoms with E-state index in [9.17, 15) is 13.2 Å². The highest BCUT2D eigenvalue weighted by molar-refractivity contribution is 7.81. The molecule has 0 aromatic carbocycles. The molecular formula is C6H8O6S. The summed E-state index contributed by atoms with van der Waals surface area (Å²) >= 11 is 0. The molecule has 0 fully saturated rings. The Kier molecular flexibility index (Phi) is 2.31. The highest BCUT2D eigenvalue weighted by atomic mass is 32.3. The zero-order valence-electron chi connectivity index (χ0n) is 6.97. The molecule has 0 bridgehead atoms. The van der Waals surface area contributed by atoms with E-state index in [0.29, 0.717) is 5.57 Å². The predicted octanol–water partition coefficient (Wildman–Crippen LogP) is 0.0251. The monoisotopic (exact) mass is 208 g/mol. The Labute approximate surface area is 75.1 Å². The van der Waals surface area contributed by atoms with E-state index in [2.05, 4.69) is 8.92 Å². The third kappa shape index (κ3) is 2.19. The standard InChI is InChI=1S/C6H8O6S/c1-3-4(2)11-6(7)5(3)12-13(8,9)10/h4H,1-2H3,(H,8,9,10). The SMILES string of the molecule is CC1=C(OS(=O)(=O)O)C(=O)OC1C. The zero-order chi connectivity index (χ0) is 10.2. The summed E-state index contributed by atoms with van der Waals surface area (Å²) in [5.41, 5.74) is 0.336. The van der Waals surface area contributed by atoms with Crippen LogP contribution >= 0.6 is 0 Å². The van der Waals surface area contributed by atoms with Crippen molar-refractivity contribution in [2.45, 2.75) is 20.0 Å². The van der Waals surface area contributed by atoms with Gasteiger partial charge in [-0.3, -0.25) is 4.55 Å². The van der Waals surface area contributed by atoms with E-state index < -0.39 is 28.2 Å². The van der Waals surface area contributed by atoms with Gasteiger partial charge in [-0.15, -0.1) is 0 Å². The van der Waals surface area contributed by atoms with Gasteiger partial charge in [0.25, 0.3) is 0 Å². The lowest BCUT2D eigenvalue weighted by molar-refractivity contribution is -0.141. The topological polar surface area (TPSA) is 89.9 Å². The molecule has 1 atom stereocenters. The number of rotatable bonds is 2. The Bertz CT molecular complexity index is 365. The molecule has 13 heavy (non-hydrogen) atoms. The highest BCUT2D eigenvalue weighted by Gasteiger charge is 2.32. The number of carbonyl (C=O) groups is 1. The number of ether oxygens (including phenoxy) is 1. The summed E-state index contributed by atoms with van der Waals surface area (Å²) in [5.74, 6) is -1.35. The van der Waals surface area contributed by atoms with Crippen LogP contribution in [0.2, 0.25) is 0 Å². The average molecular weight is 208 g/mol. The van der Waals surface area contributed by atoms with Crippen LogP contribution < -0.4 is 0 Å². The zero-order valence-corrected chi connectivity index (χ0v) is 7.79. The van der Waals surface area contributed by atoms with E-state index in [4.69, 9.17) is 4.55 Å². The summed E-state index contributed by atoms with van der Waals surface area (Å²) in [5, 5.41) is 0. The summed E-state index contributed by atoms with van der Waals surface area (Å²) < 4.78 is 37.5. The first-order valence-corrected chi connectivity index (χ1v) is 4.76. The fraction of sp³-hybridized carbons (Fsp3) is 0.500. The van der Waals surface area contributed by atoms with E-state index in [1.807, 2.05) is 0 Å². The second-order valence-corrected chi connectivity index (χ2v) is 3.59. The second-order valence-electron chi connectivity index (χ2n) is 2.57. The van der Waals surface area contributed by atoms with Gasteiger partial charge in [0.15, 0.2) is 0 Å². The van der Waals surface area contributed by atoms with Crippen LogP contribution in [0.3, 0.4) is 0 Å². The van der Waals surface area contributed by atoms with Crippen LogP contribution in [-0.4, -0.2) is 25.0 Å². The van der Waals surface area contributed by atoms with Crippen molar-refractivity contribution in [2.24, 2.45) is 0 Å². The van der Waals surface area contributed by atoms with Gasteiger partial charge >= 0.3 is 16.4 Å². The summed E-state index contributed by atoms with van der Waals surface area (Å²) in [6.07, 6.45) is -0.524. The van der Waals surface area contributed by atoms with Crippen molar-refractivity contribution >= 4 is 16.4 Å². The van der Waals surface area contributed by atoms with Crippen LogP contribution in [0.25, 0.3) is 0 Å². The Morgan fingerprint density at radius 2 is 2.08 bits per heavy atom. The highest BCUT2D eigenvalue weighted by Crippen LogP contribution is 2.23. The average Bonchev–Trinajstić information content (AvgIpc) is 2.14. The fourth-order valence-electron chi connectivity index (χ4n) is 0.853. The van der Waals surface area contributed by atoms with E-state index in [-0.39, 0.29) is 0 Å². The minimum Gasteiger partial charge on any atom is -0.452 e. The van der Waals surface area contributed by atoms with Gasteiger partial charge in [0.05, 0.1) is 0 Å². The van der Waals surface area contributed by atoms with Crippen molar-refractivity contribution in [2.75, 3.05) is 0 Å². The fourth-order valence-corrected chi connectivity index (χ4v) is 1.26. The van der Waals surface area contributed by atoms with Crippen LogP contribution in [0.1, 0.15) is 13.8 Å². The molecule has 0 amide bonds. The van der Waals surface area contributed by atoms with Crippen LogP contribution in [0.5, 0.6) is 0 Å². The summed E-state index contributed by atoms with van der Waals surface area (Å²) in [4.78, 5) is 10.9. The summed E-state index contributed by atoms with van der Waals surface area (Å²) in [7, 11) is -4.66. The lowest BCUT2D eigenvalue weighted by atomic mass is 10.2. The van der Waals surface area contributed by atoms with E-state index in [1.165, 1.54) is 6.92 Å². The second kappa shape index (κ2) is 3.00. The molecule has 0 radical (unpaired) electrons. The van der Waals surface area contributed by atoms with Crippen molar-refractivity contribution in [3.05, 3.63) is 11.3 Å². The van der Waals surface area contributed by atoms with E-state index >= 15 is 0 Å². The number of esters is 1. The van der Waals surface area contributed by atoms with E-state index in [1.54, 1.807) is 6.92 Å². The van der Waals surface area contributed by atoms with Gasteiger partial charge in [0.2, 0.25) is 5.76 Å². The van der Waals surface area contributed by atoms with E-state index in [0.717, 1.165) is 0 Å². The van der Waals surface area contributed by atoms with Crippen molar-refractivity contribution in [1.82, 2.24) is 0 Å². The van der Waals surface area contributed by atoms with Crippen LogP contribution in [0, 0.1) is 0 Å². The Morgan fingerprint density at radius 1 is 1.54 bits per heavy atom. The number of cyclic esters (lactones) is 1. The molecule has 1 N–H and O–H groups in total. The molecule has 0 spiro atoms.